The minimum atomic E-state index is -1.21. The molecule has 1 aliphatic heterocycles. The number of rotatable bonds is 5. The zero-order valence-electron chi connectivity index (χ0n) is 17.8. The molecular formula is C23H27FN2O4S. The number of fused-ring (bicyclic) bond motifs is 1. The number of ether oxygens (including phenoxy) is 2. The third kappa shape index (κ3) is 4.75. The van der Waals surface area contributed by atoms with E-state index >= 15 is 0 Å². The highest BCUT2D eigenvalue weighted by Gasteiger charge is 2.34. The van der Waals surface area contributed by atoms with E-state index in [-0.39, 0.29) is 17.6 Å². The molecule has 0 saturated carbocycles. The maximum absolute atomic E-state index is 13.4. The molecule has 1 aromatic carbocycles. The molecule has 2 heterocycles. The van der Waals surface area contributed by atoms with Crippen LogP contribution < -0.4 is 10.1 Å². The van der Waals surface area contributed by atoms with Crippen LogP contribution >= 0.6 is 11.3 Å². The first kappa shape index (κ1) is 21.8. The maximum atomic E-state index is 13.4. The summed E-state index contributed by atoms with van der Waals surface area (Å²) in [7, 11) is 0. The van der Waals surface area contributed by atoms with Gasteiger partial charge in [0.1, 0.15) is 16.6 Å². The standard InChI is InChI=1S/C23H27FN2O4S/c1-23(2,30-16-9-7-15(24)8-10-16)22(28)25-20-19(17-5-3-4-6-18(17)31-20)21(27)26-11-13-29-14-12-26/h7-10H,3-6,11-14H2,1-2H3,(H,25,28). The van der Waals surface area contributed by atoms with Crippen molar-refractivity contribution in [1.29, 1.82) is 0 Å². The van der Waals surface area contributed by atoms with Gasteiger partial charge in [-0.2, -0.15) is 0 Å². The topological polar surface area (TPSA) is 67.9 Å². The number of anilines is 1. The number of halogens is 1. The van der Waals surface area contributed by atoms with E-state index in [1.807, 2.05) is 0 Å². The largest absolute Gasteiger partial charge is 0.478 e. The van der Waals surface area contributed by atoms with Gasteiger partial charge in [-0.25, -0.2) is 4.39 Å². The lowest BCUT2D eigenvalue weighted by Gasteiger charge is -2.28. The van der Waals surface area contributed by atoms with E-state index in [4.69, 9.17) is 9.47 Å². The second-order valence-electron chi connectivity index (χ2n) is 8.34. The van der Waals surface area contributed by atoms with Crippen LogP contribution in [0.25, 0.3) is 0 Å². The van der Waals surface area contributed by atoms with Crippen molar-refractivity contribution in [2.24, 2.45) is 0 Å². The van der Waals surface area contributed by atoms with Crippen LogP contribution in [0.2, 0.25) is 0 Å². The lowest BCUT2D eigenvalue weighted by atomic mass is 9.95. The van der Waals surface area contributed by atoms with Gasteiger partial charge in [-0.3, -0.25) is 9.59 Å². The van der Waals surface area contributed by atoms with Crippen LogP contribution in [-0.2, 0) is 22.4 Å². The Morgan fingerprint density at radius 2 is 1.81 bits per heavy atom. The van der Waals surface area contributed by atoms with Crippen LogP contribution in [-0.4, -0.2) is 48.6 Å². The van der Waals surface area contributed by atoms with Crippen molar-refractivity contribution in [3.8, 4) is 5.75 Å². The average Bonchev–Trinajstić information content (AvgIpc) is 3.13. The Bertz CT molecular complexity index is 965. The highest BCUT2D eigenvalue weighted by molar-refractivity contribution is 7.17. The van der Waals surface area contributed by atoms with Crippen molar-refractivity contribution < 1.29 is 23.5 Å². The fourth-order valence-electron chi connectivity index (χ4n) is 3.90. The number of nitrogens with zero attached hydrogens (tertiary/aromatic N) is 1. The quantitative estimate of drug-likeness (QED) is 0.753. The molecule has 0 radical (unpaired) electrons. The molecule has 1 saturated heterocycles. The Morgan fingerprint density at radius 3 is 2.52 bits per heavy atom. The molecule has 0 unspecified atom stereocenters. The number of nitrogens with one attached hydrogen (secondary N) is 1. The third-order valence-corrected chi connectivity index (χ3v) is 6.85. The SMILES string of the molecule is CC(C)(Oc1ccc(F)cc1)C(=O)Nc1sc2c(c1C(=O)N1CCOCC1)CCCC2. The number of hydrogen-bond donors (Lipinski definition) is 1. The van der Waals surface area contributed by atoms with Crippen LogP contribution in [0.15, 0.2) is 24.3 Å². The number of aryl methyl sites for hydroxylation is 1. The monoisotopic (exact) mass is 446 g/mol. The average molecular weight is 447 g/mol. The van der Waals surface area contributed by atoms with E-state index < -0.39 is 5.60 Å². The smallest absolute Gasteiger partial charge is 0.268 e. The van der Waals surface area contributed by atoms with Gasteiger partial charge in [-0.05, 0) is 69.4 Å². The first-order valence-corrected chi connectivity index (χ1v) is 11.4. The molecule has 2 amide bonds. The second kappa shape index (κ2) is 8.96. The van der Waals surface area contributed by atoms with Crippen molar-refractivity contribution in [1.82, 2.24) is 4.90 Å². The summed E-state index contributed by atoms with van der Waals surface area (Å²) in [6.45, 7) is 5.47. The van der Waals surface area contributed by atoms with E-state index in [9.17, 15) is 14.0 Å². The molecule has 2 aromatic rings. The van der Waals surface area contributed by atoms with E-state index in [0.717, 1.165) is 31.2 Å². The Morgan fingerprint density at radius 1 is 1.13 bits per heavy atom. The molecule has 4 rings (SSSR count). The summed E-state index contributed by atoms with van der Waals surface area (Å²) in [5, 5.41) is 3.55. The normalized spacial score (nSPS) is 16.5. The molecule has 0 spiro atoms. The number of thiophene rings is 1. The summed E-state index contributed by atoms with van der Waals surface area (Å²) in [5.74, 6) is -0.372. The zero-order chi connectivity index (χ0) is 22.0. The third-order valence-electron chi connectivity index (χ3n) is 5.64. The number of carbonyl (C=O) groups excluding carboxylic acids is 2. The number of hydrogen-bond acceptors (Lipinski definition) is 5. The summed E-state index contributed by atoms with van der Waals surface area (Å²) < 4.78 is 24.4. The highest BCUT2D eigenvalue weighted by Crippen LogP contribution is 2.39. The van der Waals surface area contributed by atoms with Gasteiger partial charge < -0.3 is 19.7 Å². The van der Waals surface area contributed by atoms with Crippen LogP contribution in [0.4, 0.5) is 9.39 Å². The van der Waals surface area contributed by atoms with E-state index in [0.29, 0.717) is 42.6 Å². The molecule has 6 nitrogen and oxygen atoms in total. The number of amides is 2. The molecule has 166 valence electrons. The van der Waals surface area contributed by atoms with Gasteiger partial charge in [-0.15, -0.1) is 11.3 Å². The first-order chi connectivity index (χ1) is 14.8. The van der Waals surface area contributed by atoms with Crippen LogP contribution in [0, 0.1) is 5.82 Å². The van der Waals surface area contributed by atoms with Crippen molar-refractivity contribution >= 4 is 28.2 Å². The Hall–Kier alpha value is -2.45. The lowest BCUT2D eigenvalue weighted by molar-refractivity contribution is -0.128. The zero-order valence-corrected chi connectivity index (χ0v) is 18.6. The van der Waals surface area contributed by atoms with Gasteiger partial charge in [0.15, 0.2) is 5.60 Å². The molecule has 1 aliphatic carbocycles. The second-order valence-corrected chi connectivity index (χ2v) is 9.45. The van der Waals surface area contributed by atoms with Gasteiger partial charge in [0.25, 0.3) is 11.8 Å². The summed E-state index contributed by atoms with van der Waals surface area (Å²) in [6.07, 6.45) is 3.91. The van der Waals surface area contributed by atoms with E-state index in [1.54, 1.807) is 18.7 Å². The number of morpholine rings is 1. The maximum Gasteiger partial charge on any atom is 0.268 e. The molecule has 0 atom stereocenters. The van der Waals surface area contributed by atoms with Crippen LogP contribution in [0.1, 0.15) is 47.5 Å². The molecule has 2 aliphatic rings. The predicted octanol–water partition coefficient (Wildman–Crippen LogP) is 4.03. The number of carbonyl (C=O) groups is 2. The first-order valence-electron chi connectivity index (χ1n) is 10.6. The van der Waals surface area contributed by atoms with E-state index in [1.165, 1.54) is 40.5 Å². The number of benzene rings is 1. The highest BCUT2D eigenvalue weighted by atomic mass is 32.1. The predicted molar refractivity (Wildman–Crippen MR) is 117 cm³/mol. The molecular weight excluding hydrogens is 419 g/mol. The van der Waals surface area contributed by atoms with Crippen molar-refractivity contribution in [2.75, 3.05) is 31.6 Å². The van der Waals surface area contributed by atoms with Gasteiger partial charge in [0, 0.05) is 18.0 Å². The van der Waals surface area contributed by atoms with Crippen molar-refractivity contribution in [3.05, 3.63) is 46.1 Å². The molecule has 1 aromatic heterocycles. The van der Waals surface area contributed by atoms with Crippen LogP contribution in [0.3, 0.4) is 0 Å². The summed E-state index contributed by atoms with van der Waals surface area (Å²) in [6, 6.07) is 5.55. The minimum Gasteiger partial charge on any atom is -0.478 e. The Kier molecular flexibility index (Phi) is 6.29. The summed E-state index contributed by atoms with van der Waals surface area (Å²) >= 11 is 1.49. The Balaban J connectivity index is 1.58. The fraction of sp³-hybridized carbons (Fsp3) is 0.478. The molecule has 1 N–H and O–H groups in total. The van der Waals surface area contributed by atoms with Gasteiger partial charge in [0.2, 0.25) is 0 Å². The fourth-order valence-corrected chi connectivity index (χ4v) is 5.18. The summed E-state index contributed by atoms with van der Waals surface area (Å²) in [5.41, 5.74) is 0.481. The minimum absolute atomic E-state index is 0.0461. The van der Waals surface area contributed by atoms with Gasteiger partial charge in [-0.1, -0.05) is 0 Å². The van der Waals surface area contributed by atoms with E-state index in [2.05, 4.69) is 5.32 Å². The molecule has 31 heavy (non-hydrogen) atoms. The molecule has 8 heteroatoms. The van der Waals surface area contributed by atoms with Crippen molar-refractivity contribution in [3.63, 3.8) is 0 Å². The Labute approximate surface area is 185 Å². The van der Waals surface area contributed by atoms with Gasteiger partial charge in [0.05, 0.1) is 18.8 Å². The van der Waals surface area contributed by atoms with Crippen molar-refractivity contribution in [2.45, 2.75) is 45.1 Å². The molecule has 1 fully saturated rings. The van der Waals surface area contributed by atoms with Crippen LogP contribution in [0.5, 0.6) is 5.75 Å². The van der Waals surface area contributed by atoms with Gasteiger partial charge >= 0.3 is 0 Å². The summed E-state index contributed by atoms with van der Waals surface area (Å²) in [4.78, 5) is 29.5. The molecule has 0 bridgehead atoms. The lowest BCUT2D eigenvalue weighted by Crippen LogP contribution is -2.43.